The van der Waals surface area contributed by atoms with Crippen LogP contribution in [0.25, 0.3) is 0 Å². The standard InChI is InChI=1S/C20H14BrFN2O3/c21-14-5-6-15(22)16(10-14)23-20(26)19-13(7-8-27-19)11-24-17-4-2-1-3-12(17)9-18(24)25/h1-8,10H,9,11H2,(H,23,26). The van der Waals surface area contributed by atoms with E-state index in [-0.39, 0.29) is 23.9 Å². The minimum Gasteiger partial charge on any atom is -0.459 e. The number of fused-ring (bicyclic) bond motifs is 1. The van der Waals surface area contributed by atoms with Gasteiger partial charge in [-0.05, 0) is 35.9 Å². The summed E-state index contributed by atoms with van der Waals surface area (Å²) in [6.07, 6.45) is 1.72. The fourth-order valence-corrected chi connectivity index (χ4v) is 3.45. The fourth-order valence-electron chi connectivity index (χ4n) is 3.09. The SMILES string of the molecule is O=C(Nc1cc(Br)ccc1F)c1occc1CN1C(=O)Cc2ccccc21. The highest BCUT2D eigenvalue weighted by atomic mass is 79.9. The monoisotopic (exact) mass is 428 g/mol. The molecule has 0 atom stereocenters. The van der Waals surface area contributed by atoms with Crippen molar-refractivity contribution in [3.05, 3.63) is 82.0 Å². The molecule has 0 spiro atoms. The second kappa shape index (κ2) is 7.00. The zero-order valence-corrected chi connectivity index (χ0v) is 15.6. The lowest BCUT2D eigenvalue weighted by atomic mass is 10.1. The van der Waals surface area contributed by atoms with E-state index < -0.39 is 11.7 Å². The summed E-state index contributed by atoms with van der Waals surface area (Å²) in [5.74, 6) is -1.12. The number of rotatable bonds is 4. The largest absolute Gasteiger partial charge is 0.459 e. The van der Waals surface area contributed by atoms with Crippen molar-refractivity contribution in [3.8, 4) is 0 Å². The van der Waals surface area contributed by atoms with Crippen LogP contribution in [0.5, 0.6) is 0 Å². The molecule has 7 heteroatoms. The van der Waals surface area contributed by atoms with E-state index in [4.69, 9.17) is 4.42 Å². The molecule has 1 N–H and O–H groups in total. The molecule has 2 amide bonds. The molecule has 27 heavy (non-hydrogen) atoms. The van der Waals surface area contributed by atoms with Crippen LogP contribution < -0.4 is 10.2 Å². The maximum atomic E-state index is 13.9. The molecule has 1 aliphatic heterocycles. The summed E-state index contributed by atoms with van der Waals surface area (Å²) in [6.45, 7) is 0.204. The van der Waals surface area contributed by atoms with Crippen LogP contribution in [-0.2, 0) is 17.8 Å². The maximum absolute atomic E-state index is 13.9. The number of furan rings is 1. The van der Waals surface area contributed by atoms with E-state index in [1.165, 1.54) is 18.4 Å². The van der Waals surface area contributed by atoms with Gasteiger partial charge in [-0.25, -0.2) is 4.39 Å². The van der Waals surface area contributed by atoms with E-state index in [0.717, 1.165) is 11.3 Å². The predicted molar refractivity (Wildman–Crippen MR) is 102 cm³/mol. The van der Waals surface area contributed by atoms with Crippen molar-refractivity contribution in [2.45, 2.75) is 13.0 Å². The van der Waals surface area contributed by atoms with E-state index in [1.54, 1.807) is 17.0 Å². The highest BCUT2D eigenvalue weighted by Crippen LogP contribution is 2.31. The number of hydrogen-bond donors (Lipinski definition) is 1. The zero-order chi connectivity index (χ0) is 19.0. The van der Waals surface area contributed by atoms with Crippen molar-refractivity contribution in [1.82, 2.24) is 0 Å². The molecule has 1 aromatic heterocycles. The van der Waals surface area contributed by atoms with Crippen molar-refractivity contribution >= 4 is 39.1 Å². The summed E-state index contributed by atoms with van der Waals surface area (Å²) in [5.41, 5.74) is 2.37. The van der Waals surface area contributed by atoms with Crippen molar-refractivity contribution in [2.75, 3.05) is 10.2 Å². The third-order valence-electron chi connectivity index (χ3n) is 4.38. The van der Waals surface area contributed by atoms with Gasteiger partial charge in [0.1, 0.15) is 5.82 Å². The Morgan fingerprint density at radius 1 is 1.22 bits per heavy atom. The first-order valence-electron chi connectivity index (χ1n) is 8.24. The molecule has 0 aliphatic carbocycles. The molecule has 2 aromatic carbocycles. The van der Waals surface area contributed by atoms with Gasteiger partial charge in [-0.2, -0.15) is 0 Å². The Balaban J connectivity index is 1.57. The molecule has 5 nitrogen and oxygen atoms in total. The van der Waals surface area contributed by atoms with Gasteiger partial charge in [-0.1, -0.05) is 34.1 Å². The normalized spacial score (nSPS) is 13.0. The lowest BCUT2D eigenvalue weighted by Gasteiger charge is -2.17. The van der Waals surface area contributed by atoms with E-state index in [0.29, 0.717) is 16.5 Å². The van der Waals surface area contributed by atoms with Crippen LogP contribution >= 0.6 is 15.9 Å². The molecule has 136 valence electrons. The average molecular weight is 429 g/mol. The summed E-state index contributed by atoms with van der Waals surface area (Å²) in [4.78, 5) is 26.5. The van der Waals surface area contributed by atoms with Crippen molar-refractivity contribution in [2.24, 2.45) is 0 Å². The van der Waals surface area contributed by atoms with Crippen LogP contribution in [-0.4, -0.2) is 11.8 Å². The molecule has 3 aromatic rings. The number of amides is 2. The van der Waals surface area contributed by atoms with Crippen LogP contribution in [0.1, 0.15) is 21.7 Å². The average Bonchev–Trinajstić information content (AvgIpc) is 3.23. The second-order valence-corrected chi connectivity index (χ2v) is 7.05. The molecule has 2 heterocycles. The second-order valence-electron chi connectivity index (χ2n) is 6.14. The van der Waals surface area contributed by atoms with Gasteiger partial charge in [0.25, 0.3) is 5.91 Å². The van der Waals surface area contributed by atoms with Gasteiger partial charge in [0, 0.05) is 15.7 Å². The number of carbonyl (C=O) groups excluding carboxylic acids is 2. The summed E-state index contributed by atoms with van der Waals surface area (Å²) < 4.78 is 19.9. The van der Waals surface area contributed by atoms with Gasteiger partial charge in [0.2, 0.25) is 5.91 Å². The Hall–Kier alpha value is -2.93. The van der Waals surface area contributed by atoms with Crippen LogP contribution in [0.2, 0.25) is 0 Å². The summed E-state index contributed by atoms with van der Waals surface area (Å²) in [6, 6.07) is 13.4. The molecular formula is C20H14BrFN2O3. The Bertz CT molecular complexity index is 1050. The molecule has 0 bridgehead atoms. The molecule has 0 radical (unpaired) electrons. The van der Waals surface area contributed by atoms with Gasteiger partial charge in [-0.3, -0.25) is 9.59 Å². The highest BCUT2D eigenvalue weighted by Gasteiger charge is 2.29. The first kappa shape index (κ1) is 17.5. The summed E-state index contributed by atoms with van der Waals surface area (Å²) in [7, 11) is 0. The summed E-state index contributed by atoms with van der Waals surface area (Å²) in [5, 5.41) is 2.51. The molecule has 1 aliphatic rings. The molecule has 0 saturated heterocycles. The lowest BCUT2D eigenvalue weighted by molar-refractivity contribution is -0.117. The number of carbonyl (C=O) groups is 2. The third kappa shape index (κ3) is 3.38. The first-order chi connectivity index (χ1) is 13.0. The zero-order valence-electron chi connectivity index (χ0n) is 14.0. The van der Waals surface area contributed by atoms with Gasteiger partial charge in [0.05, 0.1) is 24.9 Å². The van der Waals surface area contributed by atoms with E-state index in [2.05, 4.69) is 21.2 Å². The van der Waals surface area contributed by atoms with Crippen LogP contribution in [0.15, 0.2) is 63.7 Å². The maximum Gasteiger partial charge on any atom is 0.291 e. The number of nitrogens with zero attached hydrogens (tertiary/aromatic N) is 1. The summed E-state index contributed by atoms with van der Waals surface area (Å²) >= 11 is 3.24. The van der Waals surface area contributed by atoms with E-state index in [9.17, 15) is 14.0 Å². The smallest absolute Gasteiger partial charge is 0.291 e. The number of hydrogen-bond acceptors (Lipinski definition) is 3. The quantitative estimate of drug-likeness (QED) is 0.664. The molecule has 0 saturated carbocycles. The fraction of sp³-hybridized carbons (Fsp3) is 0.100. The van der Waals surface area contributed by atoms with Crippen molar-refractivity contribution in [1.29, 1.82) is 0 Å². The van der Waals surface area contributed by atoms with Gasteiger partial charge in [-0.15, -0.1) is 0 Å². The number of benzene rings is 2. The predicted octanol–water partition coefficient (Wildman–Crippen LogP) is 4.52. The number of nitrogens with one attached hydrogen (secondary N) is 1. The highest BCUT2D eigenvalue weighted by molar-refractivity contribution is 9.10. The van der Waals surface area contributed by atoms with Gasteiger partial charge in [0.15, 0.2) is 5.76 Å². The van der Waals surface area contributed by atoms with Crippen molar-refractivity contribution < 1.29 is 18.4 Å². The number of halogens is 2. The van der Waals surface area contributed by atoms with Crippen LogP contribution in [0.4, 0.5) is 15.8 Å². The Morgan fingerprint density at radius 2 is 2.04 bits per heavy atom. The minimum atomic E-state index is -0.577. The van der Waals surface area contributed by atoms with Crippen LogP contribution in [0.3, 0.4) is 0 Å². The Kier molecular flexibility index (Phi) is 4.53. The molecule has 0 unspecified atom stereocenters. The van der Waals surface area contributed by atoms with Gasteiger partial charge < -0.3 is 14.6 Å². The minimum absolute atomic E-state index is 0.0400. The topological polar surface area (TPSA) is 62.6 Å². The first-order valence-corrected chi connectivity index (χ1v) is 9.03. The van der Waals surface area contributed by atoms with E-state index in [1.807, 2.05) is 24.3 Å². The van der Waals surface area contributed by atoms with E-state index >= 15 is 0 Å². The lowest BCUT2D eigenvalue weighted by Crippen LogP contribution is -2.27. The number of para-hydroxylation sites is 1. The Morgan fingerprint density at radius 3 is 2.89 bits per heavy atom. The molecule has 0 fully saturated rings. The van der Waals surface area contributed by atoms with Gasteiger partial charge >= 0.3 is 0 Å². The Labute approximate surface area is 162 Å². The number of anilines is 2. The molecule has 4 rings (SSSR count). The van der Waals surface area contributed by atoms with Crippen LogP contribution in [0, 0.1) is 5.82 Å². The third-order valence-corrected chi connectivity index (χ3v) is 4.88. The van der Waals surface area contributed by atoms with Crippen molar-refractivity contribution in [3.63, 3.8) is 0 Å². The molecular weight excluding hydrogens is 415 g/mol.